The number of benzene rings is 1. The van der Waals surface area contributed by atoms with Crippen LogP contribution in [0, 0.1) is 0 Å². The van der Waals surface area contributed by atoms with Crippen molar-refractivity contribution in [3.8, 4) is 11.5 Å². The molecular weight excluding hydrogens is 246 g/mol. The Balaban J connectivity index is 2.84. The molecule has 106 valence electrons. The molecule has 1 rings (SSSR count). The molecule has 1 unspecified atom stereocenters. The molecule has 19 heavy (non-hydrogen) atoms. The van der Waals surface area contributed by atoms with Crippen LogP contribution in [0.25, 0.3) is 0 Å². The standard InChI is InChI=1S/C14H21NO4/c1-3-4-7-19-13-8-10(5-6-12(13)18-2)11(15)9-14(16)17/h5-6,8,11H,3-4,7,9,15H2,1-2H3,(H,16,17). The zero-order valence-electron chi connectivity index (χ0n) is 11.4. The first-order valence-corrected chi connectivity index (χ1v) is 6.36. The Morgan fingerprint density at radius 1 is 1.42 bits per heavy atom. The lowest BCUT2D eigenvalue weighted by Gasteiger charge is -2.15. The normalized spacial score (nSPS) is 11.9. The van der Waals surface area contributed by atoms with Crippen molar-refractivity contribution in [3.05, 3.63) is 23.8 Å². The summed E-state index contributed by atoms with van der Waals surface area (Å²) in [6.45, 7) is 2.68. The summed E-state index contributed by atoms with van der Waals surface area (Å²) in [6, 6.07) is 4.72. The number of hydrogen-bond acceptors (Lipinski definition) is 4. The van der Waals surface area contributed by atoms with E-state index >= 15 is 0 Å². The number of ether oxygens (including phenoxy) is 2. The molecule has 0 saturated carbocycles. The molecule has 1 aromatic carbocycles. The molecule has 0 aromatic heterocycles. The van der Waals surface area contributed by atoms with Crippen LogP contribution < -0.4 is 15.2 Å². The van der Waals surface area contributed by atoms with Crippen LogP contribution in [0.15, 0.2) is 18.2 Å². The van der Waals surface area contributed by atoms with E-state index in [1.807, 2.05) is 0 Å². The average molecular weight is 267 g/mol. The number of carboxylic acid groups (broad SMARTS) is 1. The lowest BCUT2D eigenvalue weighted by molar-refractivity contribution is -0.137. The van der Waals surface area contributed by atoms with E-state index in [0.29, 0.717) is 18.1 Å². The SMILES string of the molecule is CCCCOc1cc(C(N)CC(=O)O)ccc1OC. The van der Waals surface area contributed by atoms with Crippen LogP contribution in [0.5, 0.6) is 11.5 Å². The summed E-state index contributed by atoms with van der Waals surface area (Å²) < 4.78 is 10.8. The van der Waals surface area contributed by atoms with Crippen molar-refractivity contribution < 1.29 is 19.4 Å². The van der Waals surface area contributed by atoms with Gasteiger partial charge in [0.1, 0.15) is 0 Å². The fourth-order valence-corrected chi connectivity index (χ4v) is 1.67. The van der Waals surface area contributed by atoms with Gasteiger partial charge in [0, 0.05) is 6.04 Å². The average Bonchev–Trinajstić information content (AvgIpc) is 2.38. The maximum atomic E-state index is 10.7. The molecule has 1 atom stereocenters. The highest BCUT2D eigenvalue weighted by Gasteiger charge is 2.13. The first-order valence-electron chi connectivity index (χ1n) is 6.36. The summed E-state index contributed by atoms with van der Waals surface area (Å²) in [5.74, 6) is 0.313. The minimum absolute atomic E-state index is 0.110. The molecule has 1 aromatic rings. The summed E-state index contributed by atoms with van der Waals surface area (Å²) in [6.07, 6.45) is 1.88. The number of carboxylic acids is 1. The molecule has 0 fully saturated rings. The van der Waals surface area contributed by atoms with Gasteiger partial charge in [-0.05, 0) is 24.1 Å². The largest absolute Gasteiger partial charge is 0.493 e. The predicted molar refractivity (Wildman–Crippen MR) is 72.6 cm³/mol. The van der Waals surface area contributed by atoms with Crippen LogP contribution in [-0.2, 0) is 4.79 Å². The van der Waals surface area contributed by atoms with Crippen molar-refractivity contribution in [2.24, 2.45) is 5.73 Å². The zero-order valence-corrected chi connectivity index (χ0v) is 11.4. The number of rotatable bonds is 8. The van der Waals surface area contributed by atoms with Gasteiger partial charge in [-0.2, -0.15) is 0 Å². The maximum absolute atomic E-state index is 10.7. The first kappa shape index (κ1) is 15.3. The summed E-state index contributed by atoms with van der Waals surface area (Å²) in [5, 5.41) is 8.75. The van der Waals surface area contributed by atoms with E-state index < -0.39 is 12.0 Å². The molecule has 0 saturated heterocycles. The van der Waals surface area contributed by atoms with Crippen LogP contribution >= 0.6 is 0 Å². The van der Waals surface area contributed by atoms with Gasteiger partial charge in [0.25, 0.3) is 0 Å². The zero-order chi connectivity index (χ0) is 14.3. The van der Waals surface area contributed by atoms with Crippen LogP contribution in [-0.4, -0.2) is 24.8 Å². The first-order chi connectivity index (χ1) is 9.08. The highest BCUT2D eigenvalue weighted by Crippen LogP contribution is 2.30. The quantitative estimate of drug-likeness (QED) is 0.706. The minimum atomic E-state index is -0.920. The van der Waals surface area contributed by atoms with Gasteiger partial charge in [-0.25, -0.2) is 0 Å². The van der Waals surface area contributed by atoms with Gasteiger partial charge < -0.3 is 20.3 Å². The molecule has 0 radical (unpaired) electrons. The van der Waals surface area contributed by atoms with Gasteiger partial charge in [-0.3, -0.25) is 4.79 Å². The Morgan fingerprint density at radius 3 is 2.74 bits per heavy atom. The minimum Gasteiger partial charge on any atom is -0.493 e. The molecule has 5 nitrogen and oxygen atoms in total. The van der Waals surface area contributed by atoms with Gasteiger partial charge in [-0.15, -0.1) is 0 Å². The fourth-order valence-electron chi connectivity index (χ4n) is 1.67. The Hall–Kier alpha value is -1.75. The molecule has 0 aliphatic rings. The predicted octanol–water partition coefficient (Wildman–Crippen LogP) is 2.35. The molecule has 0 amide bonds. The van der Waals surface area contributed by atoms with Crippen molar-refractivity contribution in [1.29, 1.82) is 0 Å². The third kappa shape index (κ3) is 4.79. The van der Waals surface area contributed by atoms with Crippen molar-refractivity contribution >= 4 is 5.97 Å². The monoisotopic (exact) mass is 267 g/mol. The maximum Gasteiger partial charge on any atom is 0.305 e. The van der Waals surface area contributed by atoms with Crippen molar-refractivity contribution in [2.45, 2.75) is 32.2 Å². The second kappa shape index (κ2) is 7.63. The number of carbonyl (C=O) groups is 1. The van der Waals surface area contributed by atoms with Crippen molar-refractivity contribution in [1.82, 2.24) is 0 Å². The van der Waals surface area contributed by atoms with Gasteiger partial charge in [0.05, 0.1) is 20.1 Å². The molecule has 0 spiro atoms. The number of hydrogen-bond donors (Lipinski definition) is 2. The van der Waals surface area contributed by atoms with Crippen LogP contribution in [0.4, 0.5) is 0 Å². The van der Waals surface area contributed by atoms with E-state index in [-0.39, 0.29) is 6.42 Å². The smallest absolute Gasteiger partial charge is 0.305 e. The molecule has 0 heterocycles. The molecular formula is C14H21NO4. The molecule has 0 bridgehead atoms. The molecule has 3 N–H and O–H groups in total. The second-order valence-electron chi connectivity index (χ2n) is 4.32. The Bertz CT molecular complexity index is 420. The Morgan fingerprint density at radius 2 is 2.16 bits per heavy atom. The van der Waals surface area contributed by atoms with Crippen molar-refractivity contribution in [2.75, 3.05) is 13.7 Å². The van der Waals surface area contributed by atoms with E-state index in [4.69, 9.17) is 20.3 Å². The number of nitrogens with two attached hydrogens (primary N) is 1. The highest BCUT2D eigenvalue weighted by molar-refractivity contribution is 5.68. The van der Waals surface area contributed by atoms with Gasteiger partial charge in [0.15, 0.2) is 11.5 Å². The molecule has 5 heteroatoms. The lowest BCUT2D eigenvalue weighted by atomic mass is 10.0. The number of unbranched alkanes of at least 4 members (excludes halogenated alkanes) is 1. The van der Waals surface area contributed by atoms with Gasteiger partial charge in [0.2, 0.25) is 0 Å². The van der Waals surface area contributed by atoms with Crippen LogP contribution in [0.3, 0.4) is 0 Å². The van der Waals surface area contributed by atoms with E-state index in [2.05, 4.69) is 6.92 Å². The summed E-state index contributed by atoms with van der Waals surface area (Å²) >= 11 is 0. The fraction of sp³-hybridized carbons (Fsp3) is 0.500. The van der Waals surface area contributed by atoms with Gasteiger partial charge >= 0.3 is 5.97 Å². The van der Waals surface area contributed by atoms with Crippen molar-refractivity contribution in [3.63, 3.8) is 0 Å². The lowest BCUT2D eigenvalue weighted by Crippen LogP contribution is -2.15. The second-order valence-corrected chi connectivity index (χ2v) is 4.32. The van der Waals surface area contributed by atoms with E-state index in [1.54, 1.807) is 25.3 Å². The summed E-state index contributed by atoms with van der Waals surface area (Å²) in [7, 11) is 1.57. The third-order valence-corrected chi connectivity index (χ3v) is 2.77. The van der Waals surface area contributed by atoms with Crippen LogP contribution in [0.1, 0.15) is 37.8 Å². The number of methoxy groups -OCH3 is 1. The Kier molecular flexibility index (Phi) is 6.15. The van der Waals surface area contributed by atoms with E-state index in [9.17, 15) is 4.79 Å². The highest BCUT2D eigenvalue weighted by atomic mass is 16.5. The van der Waals surface area contributed by atoms with Gasteiger partial charge in [-0.1, -0.05) is 19.4 Å². The van der Waals surface area contributed by atoms with E-state index in [1.165, 1.54) is 0 Å². The third-order valence-electron chi connectivity index (χ3n) is 2.77. The molecule has 0 aliphatic heterocycles. The van der Waals surface area contributed by atoms with E-state index in [0.717, 1.165) is 18.4 Å². The van der Waals surface area contributed by atoms with Crippen LogP contribution in [0.2, 0.25) is 0 Å². The number of aliphatic carboxylic acids is 1. The summed E-state index contributed by atoms with van der Waals surface area (Å²) in [5.41, 5.74) is 6.57. The summed E-state index contributed by atoms with van der Waals surface area (Å²) in [4.78, 5) is 10.7. The molecule has 0 aliphatic carbocycles. The topological polar surface area (TPSA) is 81.8 Å². The Labute approximate surface area is 113 Å².